The van der Waals surface area contributed by atoms with Crippen LogP contribution >= 0.6 is 0 Å². The Hall–Kier alpha value is -1.52. The number of amides is 2. The number of hydrogen-bond donors (Lipinski definition) is 1. The zero-order valence-electron chi connectivity index (χ0n) is 12.3. The van der Waals surface area contributed by atoms with Crippen molar-refractivity contribution in [1.82, 2.24) is 9.80 Å². The minimum Gasteiger partial charge on any atom is -0.480 e. The number of carbonyl (C=O) groups excluding carboxylic acids is 1. The van der Waals surface area contributed by atoms with Gasteiger partial charge in [0.25, 0.3) is 0 Å². The molecule has 0 saturated heterocycles. The third-order valence-corrected chi connectivity index (χ3v) is 2.82. The van der Waals surface area contributed by atoms with E-state index in [0.717, 1.165) is 19.3 Å². The van der Waals surface area contributed by atoms with Crippen LogP contribution in [0.15, 0.2) is 12.7 Å². The Balaban J connectivity index is 4.70. The minimum atomic E-state index is -1.01. The quantitative estimate of drug-likeness (QED) is 0.517. The van der Waals surface area contributed by atoms with Crippen molar-refractivity contribution in [2.75, 3.05) is 19.6 Å². The molecule has 19 heavy (non-hydrogen) atoms. The molecule has 0 aromatic heterocycles. The van der Waals surface area contributed by atoms with Gasteiger partial charge in [0.2, 0.25) is 0 Å². The molecule has 0 fully saturated rings. The molecule has 0 heterocycles. The van der Waals surface area contributed by atoms with Crippen LogP contribution in [0.5, 0.6) is 0 Å². The van der Waals surface area contributed by atoms with E-state index in [1.165, 1.54) is 4.90 Å². The Morgan fingerprint density at radius 2 is 1.95 bits per heavy atom. The molecule has 5 heteroatoms. The molecule has 0 aliphatic rings. The van der Waals surface area contributed by atoms with Crippen molar-refractivity contribution < 1.29 is 14.7 Å². The molecule has 1 N–H and O–H groups in total. The summed E-state index contributed by atoms with van der Waals surface area (Å²) in [5, 5.41) is 8.85. The van der Waals surface area contributed by atoms with Gasteiger partial charge in [-0.3, -0.25) is 4.79 Å². The third-order valence-electron chi connectivity index (χ3n) is 2.82. The summed E-state index contributed by atoms with van der Waals surface area (Å²) < 4.78 is 0. The van der Waals surface area contributed by atoms with E-state index in [2.05, 4.69) is 13.5 Å². The third kappa shape index (κ3) is 6.84. The molecule has 0 spiro atoms. The van der Waals surface area contributed by atoms with Crippen LogP contribution in [0.3, 0.4) is 0 Å². The fourth-order valence-electron chi connectivity index (χ4n) is 1.82. The highest BCUT2D eigenvalue weighted by Gasteiger charge is 2.23. The number of nitrogens with zero attached hydrogens (tertiary/aromatic N) is 2. The average Bonchev–Trinajstić information content (AvgIpc) is 2.32. The van der Waals surface area contributed by atoms with Gasteiger partial charge in [-0.2, -0.15) is 0 Å². The van der Waals surface area contributed by atoms with E-state index in [4.69, 9.17) is 5.11 Å². The fraction of sp³-hybridized carbons (Fsp3) is 0.714. The fourth-order valence-corrected chi connectivity index (χ4v) is 1.82. The second-order valence-corrected chi connectivity index (χ2v) is 4.84. The standard InChI is InChI=1S/C14H26N2O3/c1-5-7-8-10-16(12(3)4)14(19)15(9-6-2)11-13(17)18/h6,12H,2,5,7-11H2,1,3-4H3,(H,17,18). The van der Waals surface area contributed by atoms with E-state index in [1.807, 2.05) is 13.8 Å². The molecule has 0 aliphatic heterocycles. The summed E-state index contributed by atoms with van der Waals surface area (Å²) in [6.07, 6.45) is 4.64. The largest absolute Gasteiger partial charge is 0.480 e. The number of unbranched alkanes of at least 4 members (excludes halogenated alkanes) is 2. The summed E-state index contributed by atoms with van der Waals surface area (Å²) in [5.74, 6) is -1.01. The molecule has 110 valence electrons. The van der Waals surface area contributed by atoms with Crippen LogP contribution in [0.1, 0.15) is 40.0 Å². The van der Waals surface area contributed by atoms with Crippen LogP contribution in [-0.4, -0.2) is 52.6 Å². The molecular weight excluding hydrogens is 244 g/mol. The normalized spacial score (nSPS) is 10.3. The summed E-state index contributed by atoms with van der Waals surface area (Å²) in [5.41, 5.74) is 0. The first kappa shape index (κ1) is 17.5. The van der Waals surface area contributed by atoms with Gasteiger partial charge in [0, 0.05) is 19.1 Å². The summed E-state index contributed by atoms with van der Waals surface area (Å²) in [6.45, 7) is 10.2. The van der Waals surface area contributed by atoms with E-state index in [9.17, 15) is 9.59 Å². The van der Waals surface area contributed by atoms with Gasteiger partial charge in [-0.25, -0.2) is 4.79 Å². The Labute approximate surface area is 115 Å². The van der Waals surface area contributed by atoms with Gasteiger partial charge in [-0.1, -0.05) is 25.8 Å². The van der Waals surface area contributed by atoms with Gasteiger partial charge in [0.1, 0.15) is 6.54 Å². The van der Waals surface area contributed by atoms with Crippen molar-refractivity contribution in [3.05, 3.63) is 12.7 Å². The maximum Gasteiger partial charge on any atom is 0.323 e. The Bertz CT molecular complexity index is 303. The van der Waals surface area contributed by atoms with Crippen LogP contribution in [-0.2, 0) is 4.79 Å². The smallest absolute Gasteiger partial charge is 0.323 e. The SMILES string of the molecule is C=CCN(CC(=O)O)C(=O)N(CCCCC)C(C)C. The van der Waals surface area contributed by atoms with Crippen molar-refractivity contribution in [2.45, 2.75) is 46.1 Å². The highest BCUT2D eigenvalue weighted by Crippen LogP contribution is 2.08. The second kappa shape index (κ2) is 9.42. The molecule has 0 aliphatic carbocycles. The lowest BCUT2D eigenvalue weighted by atomic mass is 10.2. The first-order chi connectivity index (χ1) is 8.93. The highest BCUT2D eigenvalue weighted by atomic mass is 16.4. The zero-order chi connectivity index (χ0) is 14.8. The van der Waals surface area contributed by atoms with Gasteiger partial charge >= 0.3 is 12.0 Å². The Morgan fingerprint density at radius 1 is 1.32 bits per heavy atom. The molecule has 0 atom stereocenters. The minimum absolute atomic E-state index is 0.0606. The van der Waals surface area contributed by atoms with Gasteiger partial charge in [-0.05, 0) is 20.3 Å². The van der Waals surface area contributed by atoms with Crippen molar-refractivity contribution in [2.24, 2.45) is 0 Å². The van der Waals surface area contributed by atoms with E-state index >= 15 is 0 Å². The first-order valence-electron chi connectivity index (χ1n) is 6.82. The molecule has 0 aromatic rings. The second-order valence-electron chi connectivity index (χ2n) is 4.84. The van der Waals surface area contributed by atoms with Crippen LogP contribution in [0.4, 0.5) is 4.79 Å². The van der Waals surface area contributed by atoms with Crippen molar-refractivity contribution in [1.29, 1.82) is 0 Å². The zero-order valence-corrected chi connectivity index (χ0v) is 12.3. The number of rotatable bonds is 9. The number of carboxylic acid groups (broad SMARTS) is 1. The predicted octanol–water partition coefficient (Wildman–Crippen LogP) is 2.58. The molecule has 0 aromatic carbocycles. The van der Waals surface area contributed by atoms with Crippen LogP contribution in [0.2, 0.25) is 0 Å². The van der Waals surface area contributed by atoms with E-state index < -0.39 is 5.97 Å². The van der Waals surface area contributed by atoms with Crippen molar-refractivity contribution >= 4 is 12.0 Å². The molecule has 0 saturated carbocycles. The molecule has 0 radical (unpaired) electrons. The van der Waals surface area contributed by atoms with Crippen LogP contribution < -0.4 is 0 Å². The first-order valence-corrected chi connectivity index (χ1v) is 6.82. The lowest BCUT2D eigenvalue weighted by molar-refractivity contribution is -0.137. The maximum atomic E-state index is 12.3. The number of carbonyl (C=O) groups is 2. The van der Waals surface area contributed by atoms with Crippen molar-refractivity contribution in [3.63, 3.8) is 0 Å². The highest BCUT2D eigenvalue weighted by molar-refractivity contribution is 5.80. The predicted molar refractivity (Wildman–Crippen MR) is 76.2 cm³/mol. The van der Waals surface area contributed by atoms with Crippen LogP contribution in [0, 0.1) is 0 Å². The topological polar surface area (TPSA) is 60.9 Å². The Kier molecular flexibility index (Phi) is 8.66. The molecular formula is C14H26N2O3. The molecule has 2 amide bonds. The number of aliphatic carboxylic acids is 1. The molecule has 5 nitrogen and oxygen atoms in total. The number of carboxylic acids is 1. The monoisotopic (exact) mass is 270 g/mol. The van der Waals surface area contributed by atoms with E-state index in [1.54, 1.807) is 11.0 Å². The van der Waals surface area contributed by atoms with Gasteiger partial charge in [0.15, 0.2) is 0 Å². The molecule has 0 rings (SSSR count). The summed E-state index contributed by atoms with van der Waals surface area (Å²) >= 11 is 0. The lowest BCUT2D eigenvalue weighted by Crippen LogP contribution is -2.48. The maximum absolute atomic E-state index is 12.3. The summed E-state index contributed by atoms with van der Waals surface area (Å²) in [4.78, 5) is 26.2. The molecule has 0 bridgehead atoms. The van der Waals surface area contributed by atoms with Gasteiger partial charge in [-0.15, -0.1) is 6.58 Å². The number of hydrogen-bond acceptors (Lipinski definition) is 2. The summed E-state index contributed by atoms with van der Waals surface area (Å²) in [6, 6.07) is -0.168. The van der Waals surface area contributed by atoms with E-state index in [0.29, 0.717) is 6.54 Å². The van der Waals surface area contributed by atoms with Crippen LogP contribution in [0.25, 0.3) is 0 Å². The average molecular weight is 270 g/mol. The lowest BCUT2D eigenvalue weighted by Gasteiger charge is -2.32. The Morgan fingerprint density at radius 3 is 2.37 bits per heavy atom. The van der Waals surface area contributed by atoms with Gasteiger partial charge in [0.05, 0.1) is 0 Å². The van der Waals surface area contributed by atoms with E-state index in [-0.39, 0.29) is 25.2 Å². The van der Waals surface area contributed by atoms with Crippen molar-refractivity contribution in [3.8, 4) is 0 Å². The van der Waals surface area contributed by atoms with Gasteiger partial charge < -0.3 is 14.9 Å². The summed E-state index contributed by atoms with van der Waals surface area (Å²) in [7, 11) is 0. The molecule has 0 unspecified atom stereocenters. The number of urea groups is 1.